The van der Waals surface area contributed by atoms with Crippen LogP contribution in [0.25, 0.3) is 0 Å². The molecule has 40 heavy (non-hydrogen) atoms. The van der Waals surface area contributed by atoms with Crippen molar-refractivity contribution in [1.29, 1.82) is 0 Å². The van der Waals surface area contributed by atoms with Crippen LogP contribution in [-0.4, -0.2) is 44.6 Å². The number of phenols is 2. The molecule has 1 unspecified atom stereocenters. The number of hydrogen-bond acceptors (Lipinski definition) is 4. The smallest absolute Gasteiger partial charge is 0.453 e. The maximum Gasteiger partial charge on any atom is 0.453 e. The van der Waals surface area contributed by atoms with Gasteiger partial charge in [-0.15, -0.1) is 0 Å². The Morgan fingerprint density at radius 1 is 0.850 bits per heavy atom. The second-order valence-electron chi connectivity index (χ2n) is 10.9. The zero-order valence-electron chi connectivity index (χ0n) is 22.8. The molecule has 2 aromatic carbocycles. The highest BCUT2D eigenvalue weighted by atomic mass is 32.2. The van der Waals surface area contributed by atoms with E-state index in [0.717, 1.165) is 56.1 Å². The van der Waals surface area contributed by atoms with Crippen molar-refractivity contribution < 1.29 is 41.1 Å². The summed E-state index contributed by atoms with van der Waals surface area (Å²) >= 11 is 0. The molecule has 2 aromatic rings. The highest BCUT2D eigenvalue weighted by molar-refractivity contribution is 7.84. The van der Waals surface area contributed by atoms with Crippen molar-refractivity contribution >= 4 is 10.8 Å². The van der Waals surface area contributed by atoms with E-state index in [1.165, 1.54) is 0 Å². The number of alkyl halides is 5. The number of unbranched alkanes of at least 4 members (excludes halogenated alkanes) is 6. The fraction of sp³-hybridized carbons (Fsp3) is 0.600. The summed E-state index contributed by atoms with van der Waals surface area (Å²) in [6.45, 7) is 2.64. The lowest BCUT2D eigenvalue weighted by atomic mass is 9.66. The molecule has 0 radical (unpaired) electrons. The topological polar surface area (TPSA) is 66.8 Å². The monoisotopic (exact) mass is 590 g/mol. The molecular formula is C30H39F5O4S. The average Bonchev–Trinajstić information content (AvgIpc) is 2.88. The quantitative estimate of drug-likeness (QED) is 0.162. The Hall–Kier alpha value is -2.36. The number of ether oxygens (including phenoxy) is 1. The molecule has 1 aliphatic rings. The van der Waals surface area contributed by atoms with Crippen LogP contribution in [-0.2, 0) is 16.2 Å². The van der Waals surface area contributed by atoms with Crippen molar-refractivity contribution in [2.45, 2.75) is 94.6 Å². The predicted octanol–water partition coefficient (Wildman–Crippen LogP) is 8.38. The van der Waals surface area contributed by atoms with Crippen molar-refractivity contribution in [3.63, 3.8) is 0 Å². The molecule has 0 spiro atoms. The lowest BCUT2D eigenvalue weighted by molar-refractivity contribution is -0.284. The lowest BCUT2D eigenvalue weighted by Crippen LogP contribution is -2.40. The van der Waals surface area contributed by atoms with Crippen molar-refractivity contribution in [1.82, 2.24) is 0 Å². The van der Waals surface area contributed by atoms with Gasteiger partial charge in [0.05, 0.1) is 6.61 Å². The first-order valence-corrected chi connectivity index (χ1v) is 15.4. The van der Waals surface area contributed by atoms with Gasteiger partial charge in [-0.25, -0.2) is 0 Å². The molecule has 224 valence electrons. The third kappa shape index (κ3) is 8.57. The first kappa shape index (κ1) is 32.2. The van der Waals surface area contributed by atoms with Gasteiger partial charge in [0, 0.05) is 46.1 Å². The number of rotatable bonds is 15. The molecule has 0 bridgehead atoms. The van der Waals surface area contributed by atoms with E-state index in [0.29, 0.717) is 24.5 Å². The van der Waals surface area contributed by atoms with Gasteiger partial charge in [-0.2, -0.15) is 22.0 Å². The van der Waals surface area contributed by atoms with Crippen LogP contribution in [0.5, 0.6) is 17.2 Å². The van der Waals surface area contributed by atoms with Crippen LogP contribution in [0.4, 0.5) is 22.0 Å². The zero-order chi connectivity index (χ0) is 29.4. The minimum atomic E-state index is -5.56. The standard InChI is InChI=1S/C30H39F5O4S/c1-28(22-11-13-23(36)14-12-22)21-39-27-20-24(37)15-16-25(27)26(28)10-7-5-3-2-4-6-8-18-40(38)19-9-17-29(31,32)30(33,34)35/h11-16,20,26,36-37H,2-10,17-19,21H2,1H3/t26-,28+,40?/m1/s1. The minimum absolute atomic E-state index is 0.135. The molecule has 1 aliphatic heterocycles. The normalized spacial score (nSPS) is 20.1. The van der Waals surface area contributed by atoms with Crippen LogP contribution in [0.1, 0.15) is 88.2 Å². The Morgan fingerprint density at radius 3 is 2.08 bits per heavy atom. The Bertz CT molecular complexity index is 1110. The van der Waals surface area contributed by atoms with Gasteiger partial charge in [0.25, 0.3) is 0 Å². The third-order valence-corrected chi connectivity index (χ3v) is 9.33. The van der Waals surface area contributed by atoms with E-state index in [9.17, 15) is 36.4 Å². The highest BCUT2D eigenvalue weighted by Gasteiger charge is 2.56. The summed E-state index contributed by atoms with van der Waals surface area (Å²) in [5, 5.41) is 19.7. The SMILES string of the molecule is C[C@@]1(c2ccc(O)cc2)COc2cc(O)ccc2[C@H]1CCCCCCCCCS(=O)CCCC(F)(F)C(F)(F)F. The van der Waals surface area contributed by atoms with Crippen LogP contribution < -0.4 is 4.74 Å². The number of benzene rings is 2. The Labute approximate surface area is 235 Å². The van der Waals surface area contributed by atoms with Crippen LogP contribution >= 0.6 is 0 Å². The van der Waals surface area contributed by atoms with Gasteiger partial charge >= 0.3 is 12.1 Å². The van der Waals surface area contributed by atoms with E-state index in [2.05, 4.69) is 6.92 Å². The van der Waals surface area contributed by atoms with Crippen LogP contribution in [0.3, 0.4) is 0 Å². The molecule has 0 aliphatic carbocycles. The van der Waals surface area contributed by atoms with Gasteiger partial charge in [-0.1, -0.05) is 63.6 Å². The molecule has 0 saturated heterocycles. The summed E-state index contributed by atoms with van der Waals surface area (Å²) in [4.78, 5) is 0. The van der Waals surface area contributed by atoms with E-state index in [1.54, 1.807) is 24.3 Å². The molecule has 1 heterocycles. The van der Waals surface area contributed by atoms with Gasteiger partial charge in [-0.3, -0.25) is 4.21 Å². The Morgan fingerprint density at radius 2 is 1.43 bits per heavy atom. The molecule has 0 fully saturated rings. The Balaban J connectivity index is 1.38. The predicted molar refractivity (Wildman–Crippen MR) is 147 cm³/mol. The lowest BCUT2D eigenvalue weighted by Gasteiger charge is -2.43. The fourth-order valence-corrected chi connectivity index (χ4v) is 6.60. The van der Waals surface area contributed by atoms with E-state index in [-0.39, 0.29) is 28.6 Å². The zero-order valence-corrected chi connectivity index (χ0v) is 23.6. The largest absolute Gasteiger partial charge is 0.508 e. The second-order valence-corrected chi connectivity index (χ2v) is 12.6. The second kappa shape index (κ2) is 14.0. The number of hydrogen-bond donors (Lipinski definition) is 2. The van der Waals surface area contributed by atoms with E-state index in [4.69, 9.17) is 4.74 Å². The maximum atomic E-state index is 12.9. The van der Waals surface area contributed by atoms with Crippen molar-refractivity contribution in [2.24, 2.45) is 0 Å². The first-order valence-electron chi connectivity index (χ1n) is 13.9. The van der Waals surface area contributed by atoms with Crippen LogP contribution in [0.15, 0.2) is 42.5 Å². The summed E-state index contributed by atoms with van der Waals surface area (Å²) in [7, 11) is -1.38. The number of halogens is 5. The van der Waals surface area contributed by atoms with Gasteiger partial charge in [0.15, 0.2) is 0 Å². The van der Waals surface area contributed by atoms with Crippen molar-refractivity contribution in [3.05, 3.63) is 53.6 Å². The van der Waals surface area contributed by atoms with Gasteiger partial charge in [-0.05, 0) is 48.6 Å². The molecule has 0 aromatic heterocycles. The summed E-state index contributed by atoms with van der Waals surface area (Å²) in [6.07, 6.45) is 0.205. The Kier molecular flexibility index (Phi) is 11.3. The van der Waals surface area contributed by atoms with Gasteiger partial charge < -0.3 is 14.9 Å². The van der Waals surface area contributed by atoms with E-state index in [1.807, 2.05) is 18.2 Å². The fourth-order valence-electron chi connectivity index (χ4n) is 5.40. The van der Waals surface area contributed by atoms with Crippen molar-refractivity contribution in [2.75, 3.05) is 18.1 Å². The molecular weight excluding hydrogens is 551 g/mol. The molecule has 10 heteroatoms. The average molecular weight is 591 g/mol. The van der Waals surface area contributed by atoms with E-state index < -0.39 is 35.7 Å². The maximum absolute atomic E-state index is 12.9. The molecule has 3 atom stereocenters. The number of fused-ring (bicyclic) bond motifs is 1. The molecule has 4 nitrogen and oxygen atoms in total. The summed E-state index contributed by atoms with van der Waals surface area (Å²) in [5.41, 5.74) is 1.85. The first-order chi connectivity index (χ1) is 18.8. The highest BCUT2D eigenvalue weighted by Crippen LogP contribution is 2.49. The minimum Gasteiger partial charge on any atom is -0.508 e. The summed E-state index contributed by atoms with van der Waals surface area (Å²) < 4.78 is 80.4. The molecule has 2 N–H and O–H groups in total. The van der Waals surface area contributed by atoms with E-state index >= 15 is 0 Å². The molecule has 0 saturated carbocycles. The van der Waals surface area contributed by atoms with Gasteiger partial charge in [0.2, 0.25) is 0 Å². The molecule has 0 amide bonds. The van der Waals surface area contributed by atoms with Gasteiger partial charge in [0.1, 0.15) is 17.2 Å². The summed E-state index contributed by atoms with van der Waals surface area (Å²) in [6, 6.07) is 12.5. The summed E-state index contributed by atoms with van der Waals surface area (Å²) in [5.74, 6) is -3.28. The number of aromatic hydroxyl groups is 2. The molecule has 3 rings (SSSR count). The van der Waals surface area contributed by atoms with Crippen LogP contribution in [0, 0.1) is 0 Å². The van der Waals surface area contributed by atoms with Crippen molar-refractivity contribution in [3.8, 4) is 17.2 Å². The van der Waals surface area contributed by atoms with Crippen LogP contribution in [0.2, 0.25) is 0 Å². The third-order valence-electron chi connectivity index (χ3n) is 7.84. The number of phenolic OH excluding ortho intramolecular Hbond substituents is 2.